The van der Waals surface area contributed by atoms with Crippen LogP contribution in [0, 0.1) is 6.92 Å². The molecule has 0 atom stereocenters. The predicted molar refractivity (Wildman–Crippen MR) is 108 cm³/mol. The van der Waals surface area contributed by atoms with Crippen LogP contribution < -0.4 is 10.2 Å². The first-order valence-corrected chi connectivity index (χ1v) is 8.92. The maximum atomic E-state index is 12.4. The molecule has 1 amide bonds. The van der Waals surface area contributed by atoms with Gasteiger partial charge in [-0.1, -0.05) is 66.7 Å². The lowest BCUT2D eigenvalue weighted by molar-refractivity contribution is -0.116. The predicted octanol–water partition coefficient (Wildman–Crippen LogP) is 5.03. The Hall–Kier alpha value is -3.07. The van der Waals surface area contributed by atoms with E-state index in [0.29, 0.717) is 13.0 Å². The van der Waals surface area contributed by atoms with Crippen molar-refractivity contribution in [3.05, 3.63) is 96.1 Å². The van der Waals surface area contributed by atoms with Crippen molar-refractivity contribution >= 4 is 17.3 Å². The first kappa shape index (κ1) is 17.7. The Balaban J connectivity index is 1.66. The average Bonchev–Trinajstić information content (AvgIpc) is 2.68. The normalized spacial score (nSPS) is 10.3. The summed E-state index contributed by atoms with van der Waals surface area (Å²) in [5.74, 6) is 0.0355. The molecule has 26 heavy (non-hydrogen) atoms. The molecule has 0 bridgehead atoms. The lowest BCUT2D eigenvalue weighted by Gasteiger charge is -2.25. The van der Waals surface area contributed by atoms with Crippen molar-refractivity contribution in [2.45, 2.75) is 19.9 Å². The summed E-state index contributed by atoms with van der Waals surface area (Å²) in [4.78, 5) is 14.7. The fraction of sp³-hybridized carbons (Fsp3) is 0.174. The molecule has 0 heterocycles. The van der Waals surface area contributed by atoms with Gasteiger partial charge in [0.2, 0.25) is 5.91 Å². The van der Waals surface area contributed by atoms with Crippen LogP contribution in [0.25, 0.3) is 0 Å². The molecule has 0 saturated heterocycles. The number of nitrogens with zero attached hydrogens (tertiary/aromatic N) is 1. The van der Waals surface area contributed by atoms with Crippen molar-refractivity contribution in [2.24, 2.45) is 0 Å². The minimum Gasteiger partial charge on any atom is -0.367 e. The van der Waals surface area contributed by atoms with Gasteiger partial charge in [-0.3, -0.25) is 4.79 Å². The van der Waals surface area contributed by atoms with E-state index in [1.165, 1.54) is 5.56 Å². The smallest absolute Gasteiger partial charge is 0.226 e. The fourth-order valence-electron chi connectivity index (χ4n) is 2.90. The topological polar surface area (TPSA) is 32.3 Å². The van der Waals surface area contributed by atoms with E-state index in [1.54, 1.807) is 0 Å². The third-order valence-electron chi connectivity index (χ3n) is 4.37. The van der Waals surface area contributed by atoms with Gasteiger partial charge < -0.3 is 10.2 Å². The second kappa shape index (κ2) is 8.86. The summed E-state index contributed by atoms with van der Waals surface area (Å²) >= 11 is 0. The summed E-state index contributed by atoms with van der Waals surface area (Å²) in [6.45, 7) is 3.44. The highest BCUT2D eigenvalue weighted by atomic mass is 16.1. The van der Waals surface area contributed by atoms with Crippen LogP contribution in [0.5, 0.6) is 0 Å². The quantitative estimate of drug-likeness (QED) is 0.652. The van der Waals surface area contributed by atoms with Crippen LogP contribution in [0.1, 0.15) is 17.5 Å². The van der Waals surface area contributed by atoms with Gasteiger partial charge in [0.1, 0.15) is 0 Å². The highest BCUT2D eigenvalue weighted by molar-refractivity contribution is 5.91. The van der Waals surface area contributed by atoms with Gasteiger partial charge in [0.15, 0.2) is 0 Å². The van der Waals surface area contributed by atoms with Crippen LogP contribution in [0.2, 0.25) is 0 Å². The number of hydrogen-bond donors (Lipinski definition) is 1. The number of para-hydroxylation sites is 2. The largest absolute Gasteiger partial charge is 0.367 e. The number of aryl methyl sites for hydroxylation is 1. The molecule has 0 saturated carbocycles. The first-order valence-electron chi connectivity index (χ1n) is 8.92. The number of benzene rings is 3. The van der Waals surface area contributed by atoms with Crippen molar-refractivity contribution in [1.29, 1.82) is 0 Å². The number of nitrogens with one attached hydrogen (secondary N) is 1. The van der Waals surface area contributed by atoms with Gasteiger partial charge in [0.05, 0.1) is 0 Å². The molecule has 1 N–H and O–H groups in total. The number of rotatable bonds is 7. The van der Waals surface area contributed by atoms with Crippen molar-refractivity contribution in [1.82, 2.24) is 0 Å². The number of carbonyl (C=O) groups excluding carboxylic acids is 1. The van der Waals surface area contributed by atoms with Crippen molar-refractivity contribution in [2.75, 3.05) is 16.8 Å². The van der Waals surface area contributed by atoms with Crippen LogP contribution in [0.3, 0.4) is 0 Å². The van der Waals surface area contributed by atoms with E-state index in [2.05, 4.69) is 34.5 Å². The van der Waals surface area contributed by atoms with Gasteiger partial charge in [0.25, 0.3) is 0 Å². The zero-order valence-corrected chi connectivity index (χ0v) is 15.1. The van der Waals surface area contributed by atoms with Gasteiger partial charge in [-0.2, -0.15) is 0 Å². The first-order chi connectivity index (χ1) is 12.7. The molecule has 3 aromatic rings. The molecule has 3 heteroatoms. The molecule has 3 nitrogen and oxygen atoms in total. The van der Waals surface area contributed by atoms with Gasteiger partial charge in [-0.05, 0) is 36.2 Å². The van der Waals surface area contributed by atoms with E-state index < -0.39 is 0 Å². The molecule has 3 rings (SSSR count). The molecule has 132 valence electrons. The van der Waals surface area contributed by atoms with Gasteiger partial charge in [-0.25, -0.2) is 0 Å². The monoisotopic (exact) mass is 344 g/mol. The lowest BCUT2D eigenvalue weighted by atomic mass is 10.1. The van der Waals surface area contributed by atoms with E-state index in [1.807, 2.05) is 67.6 Å². The van der Waals surface area contributed by atoms with E-state index in [4.69, 9.17) is 0 Å². The number of carbonyl (C=O) groups is 1. The zero-order chi connectivity index (χ0) is 18.2. The fourth-order valence-corrected chi connectivity index (χ4v) is 2.90. The second-order valence-corrected chi connectivity index (χ2v) is 6.36. The summed E-state index contributed by atoms with van der Waals surface area (Å²) in [5, 5.41) is 3.02. The van der Waals surface area contributed by atoms with Crippen LogP contribution >= 0.6 is 0 Å². The van der Waals surface area contributed by atoms with Crippen LogP contribution in [0.4, 0.5) is 11.4 Å². The summed E-state index contributed by atoms with van der Waals surface area (Å²) < 4.78 is 0. The van der Waals surface area contributed by atoms with E-state index in [9.17, 15) is 4.79 Å². The van der Waals surface area contributed by atoms with Gasteiger partial charge >= 0.3 is 0 Å². The SMILES string of the molecule is Cc1ccccc1NC(=O)CCN(Cc1ccccc1)c1ccccc1. The average molecular weight is 344 g/mol. The maximum Gasteiger partial charge on any atom is 0.226 e. The highest BCUT2D eigenvalue weighted by Crippen LogP contribution is 2.18. The Morgan fingerprint density at radius 3 is 2.15 bits per heavy atom. The van der Waals surface area contributed by atoms with E-state index in [0.717, 1.165) is 23.5 Å². The summed E-state index contributed by atoms with van der Waals surface area (Å²) in [7, 11) is 0. The number of hydrogen-bond acceptors (Lipinski definition) is 2. The third kappa shape index (κ3) is 4.96. The Kier molecular flexibility index (Phi) is 6.05. The standard InChI is InChI=1S/C23H24N2O/c1-19-10-8-9-15-22(19)24-23(26)16-17-25(21-13-6-3-7-14-21)18-20-11-4-2-5-12-20/h2-15H,16-18H2,1H3,(H,24,26). The minimum absolute atomic E-state index is 0.0355. The zero-order valence-electron chi connectivity index (χ0n) is 15.1. The van der Waals surface area contributed by atoms with Crippen molar-refractivity contribution in [3.63, 3.8) is 0 Å². The maximum absolute atomic E-state index is 12.4. The van der Waals surface area contributed by atoms with Crippen LogP contribution in [-0.4, -0.2) is 12.5 Å². The lowest BCUT2D eigenvalue weighted by Crippen LogP contribution is -2.27. The Morgan fingerprint density at radius 1 is 0.846 bits per heavy atom. The van der Waals surface area contributed by atoms with Gasteiger partial charge in [0, 0.05) is 30.9 Å². The molecule has 0 radical (unpaired) electrons. The van der Waals surface area contributed by atoms with Crippen LogP contribution in [-0.2, 0) is 11.3 Å². The number of anilines is 2. The molecule has 0 aliphatic carbocycles. The molecule has 0 aliphatic heterocycles. The Morgan fingerprint density at radius 2 is 1.46 bits per heavy atom. The molecule has 0 aromatic heterocycles. The number of amides is 1. The molecule has 3 aromatic carbocycles. The Bertz CT molecular complexity index is 831. The highest BCUT2D eigenvalue weighted by Gasteiger charge is 2.11. The van der Waals surface area contributed by atoms with Crippen molar-refractivity contribution < 1.29 is 4.79 Å². The molecule has 0 spiro atoms. The minimum atomic E-state index is 0.0355. The molecule has 0 unspecified atom stereocenters. The van der Waals surface area contributed by atoms with Crippen LogP contribution in [0.15, 0.2) is 84.9 Å². The molecule has 0 fully saturated rings. The molecular weight excluding hydrogens is 320 g/mol. The third-order valence-corrected chi connectivity index (χ3v) is 4.37. The second-order valence-electron chi connectivity index (χ2n) is 6.36. The van der Waals surface area contributed by atoms with Crippen molar-refractivity contribution in [3.8, 4) is 0 Å². The summed E-state index contributed by atoms with van der Waals surface area (Å²) in [6.07, 6.45) is 0.441. The molecular formula is C23H24N2O. The van der Waals surface area contributed by atoms with E-state index >= 15 is 0 Å². The van der Waals surface area contributed by atoms with E-state index in [-0.39, 0.29) is 5.91 Å². The molecule has 0 aliphatic rings. The Labute approximate surface area is 155 Å². The summed E-state index contributed by atoms with van der Waals surface area (Å²) in [6, 6.07) is 28.4. The summed E-state index contributed by atoms with van der Waals surface area (Å²) in [5.41, 5.74) is 4.31. The van der Waals surface area contributed by atoms with Gasteiger partial charge in [-0.15, -0.1) is 0 Å².